The highest BCUT2D eigenvalue weighted by molar-refractivity contribution is 7.45. The van der Waals surface area contributed by atoms with Gasteiger partial charge in [-0.25, -0.2) is 0 Å². The van der Waals surface area contributed by atoms with Crippen LogP contribution in [0.25, 0.3) is 27.2 Å². The molecule has 0 aliphatic rings. The van der Waals surface area contributed by atoms with Crippen LogP contribution >= 0.6 is 8.01 Å². The molecule has 22 heavy (non-hydrogen) atoms. The fourth-order valence-electron chi connectivity index (χ4n) is 2.60. The Hall–Kier alpha value is -2.44. The van der Waals surface area contributed by atoms with E-state index in [2.05, 4.69) is 31.2 Å². The van der Waals surface area contributed by atoms with Gasteiger partial charge in [0, 0.05) is 10.8 Å². The number of benzene rings is 3. The summed E-state index contributed by atoms with van der Waals surface area (Å²) >= 11 is 0. The number of hydrogen-bond acceptors (Lipinski definition) is 2. The van der Waals surface area contributed by atoms with Crippen molar-refractivity contribution < 1.29 is 8.39 Å². The zero-order valence-electron chi connectivity index (χ0n) is 12.2. The Morgan fingerprint density at radius 3 is 1.73 bits per heavy atom. The van der Waals surface area contributed by atoms with Crippen molar-refractivity contribution in [2.24, 2.45) is 0 Å². The van der Waals surface area contributed by atoms with Crippen LogP contribution in [0.5, 0.6) is 0 Å². The molecule has 3 heteroatoms. The Bertz CT molecular complexity index is 944. The van der Waals surface area contributed by atoms with Gasteiger partial charge in [-0.15, -0.1) is 0 Å². The van der Waals surface area contributed by atoms with Crippen LogP contribution in [-0.4, -0.2) is 0 Å². The van der Waals surface area contributed by atoms with Crippen molar-refractivity contribution in [2.75, 3.05) is 0 Å². The summed E-state index contributed by atoms with van der Waals surface area (Å²) in [6.07, 6.45) is 0. The van der Waals surface area contributed by atoms with Crippen LogP contribution in [0.4, 0.5) is 0 Å². The Balaban J connectivity index is 2.18. The summed E-state index contributed by atoms with van der Waals surface area (Å²) < 4.78 is 12.5. The minimum Gasteiger partial charge on any atom is -0.416 e. The molecule has 0 unspecified atom stereocenters. The smallest absolute Gasteiger partial charge is 0.253 e. The minimum absolute atomic E-state index is 0.877. The van der Waals surface area contributed by atoms with E-state index in [4.69, 9.17) is 8.39 Å². The van der Waals surface area contributed by atoms with Gasteiger partial charge in [0.05, 0.1) is 5.30 Å². The SMILES string of the molecule is Cc1ccccc1-p1oc2ccccc2c2ccccc2o1. The average Bonchev–Trinajstić information content (AvgIpc) is 2.72. The lowest BCUT2D eigenvalue weighted by molar-refractivity contribution is 0.650. The second kappa shape index (κ2) is 5.40. The molecule has 0 saturated heterocycles. The molecule has 0 aliphatic carbocycles. The molecule has 4 aromatic rings. The molecule has 0 saturated carbocycles. The van der Waals surface area contributed by atoms with Crippen molar-refractivity contribution in [1.29, 1.82) is 0 Å². The first-order chi connectivity index (χ1) is 10.8. The first-order valence-corrected chi connectivity index (χ1v) is 8.41. The molecule has 4 rings (SSSR count). The van der Waals surface area contributed by atoms with E-state index >= 15 is 0 Å². The third-order valence-corrected chi connectivity index (χ3v) is 5.36. The predicted octanol–water partition coefficient (Wildman–Crippen LogP) is 6.59. The number of para-hydroxylation sites is 2. The quantitative estimate of drug-likeness (QED) is 0.396. The molecular formula is C19H15O2P. The Morgan fingerprint density at radius 1 is 0.636 bits per heavy atom. The molecule has 0 N–H and O–H groups in total. The van der Waals surface area contributed by atoms with E-state index in [1.807, 2.05) is 48.5 Å². The summed E-state index contributed by atoms with van der Waals surface area (Å²) in [6, 6.07) is 24.5. The van der Waals surface area contributed by atoms with E-state index in [1.54, 1.807) is 0 Å². The fraction of sp³-hybridized carbons (Fsp3) is 0.0526. The summed E-state index contributed by atoms with van der Waals surface area (Å²) in [5.74, 6) is 0. The van der Waals surface area contributed by atoms with Gasteiger partial charge in [0.25, 0.3) is 8.01 Å². The largest absolute Gasteiger partial charge is 0.416 e. The maximum atomic E-state index is 6.25. The first kappa shape index (κ1) is 13.2. The Kier molecular flexibility index (Phi) is 3.25. The third-order valence-electron chi connectivity index (χ3n) is 3.74. The van der Waals surface area contributed by atoms with Crippen LogP contribution in [0.3, 0.4) is 0 Å². The van der Waals surface area contributed by atoms with Crippen molar-refractivity contribution in [3.05, 3.63) is 78.4 Å². The normalized spacial score (nSPS) is 11.0. The second-order valence-electron chi connectivity index (χ2n) is 5.22. The van der Waals surface area contributed by atoms with E-state index in [0.717, 1.165) is 27.2 Å². The summed E-state index contributed by atoms with van der Waals surface area (Å²) in [5.41, 5.74) is 2.94. The van der Waals surface area contributed by atoms with Crippen molar-refractivity contribution in [3.8, 4) is 5.30 Å². The monoisotopic (exact) mass is 306 g/mol. The third kappa shape index (κ3) is 2.22. The lowest BCUT2D eigenvalue weighted by atomic mass is 10.1. The van der Waals surface area contributed by atoms with Crippen LogP contribution in [0.2, 0.25) is 0 Å². The molecule has 0 bridgehead atoms. The van der Waals surface area contributed by atoms with Gasteiger partial charge in [-0.3, -0.25) is 0 Å². The van der Waals surface area contributed by atoms with Crippen molar-refractivity contribution in [2.45, 2.75) is 6.92 Å². The van der Waals surface area contributed by atoms with Gasteiger partial charge in [0.1, 0.15) is 11.2 Å². The molecule has 0 spiro atoms. The maximum absolute atomic E-state index is 6.25. The molecule has 0 radical (unpaired) electrons. The predicted molar refractivity (Wildman–Crippen MR) is 92.4 cm³/mol. The number of fused-ring (bicyclic) bond motifs is 3. The molecule has 0 aliphatic heterocycles. The molecule has 1 aromatic heterocycles. The number of aryl methyl sites for hydroxylation is 1. The lowest BCUT2D eigenvalue weighted by Gasteiger charge is -2.01. The summed E-state index contributed by atoms with van der Waals surface area (Å²) in [4.78, 5) is 0. The molecular weight excluding hydrogens is 291 g/mol. The Morgan fingerprint density at radius 2 is 1.14 bits per heavy atom. The summed E-state index contributed by atoms with van der Waals surface area (Å²) in [7, 11) is -1.19. The lowest BCUT2D eigenvalue weighted by Crippen LogP contribution is -1.73. The highest BCUT2D eigenvalue weighted by atomic mass is 31.1. The van der Waals surface area contributed by atoms with Gasteiger partial charge in [-0.1, -0.05) is 54.6 Å². The van der Waals surface area contributed by atoms with Crippen LogP contribution in [0.1, 0.15) is 5.56 Å². The molecule has 2 nitrogen and oxygen atoms in total. The van der Waals surface area contributed by atoms with Gasteiger partial charge in [0.15, 0.2) is 0 Å². The van der Waals surface area contributed by atoms with E-state index in [0.29, 0.717) is 0 Å². The Labute approximate surface area is 129 Å². The van der Waals surface area contributed by atoms with E-state index < -0.39 is 8.01 Å². The van der Waals surface area contributed by atoms with Gasteiger partial charge in [-0.05, 0) is 30.7 Å². The van der Waals surface area contributed by atoms with E-state index in [-0.39, 0.29) is 0 Å². The van der Waals surface area contributed by atoms with Gasteiger partial charge in [0.2, 0.25) is 0 Å². The van der Waals surface area contributed by atoms with Crippen molar-refractivity contribution in [3.63, 3.8) is 0 Å². The maximum Gasteiger partial charge on any atom is 0.253 e. The van der Waals surface area contributed by atoms with Crippen molar-refractivity contribution >= 4 is 30.0 Å². The highest BCUT2D eigenvalue weighted by Crippen LogP contribution is 2.43. The molecule has 108 valence electrons. The van der Waals surface area contributed by atoms with Gasteiger partial charge >= 0.3 is 0 Å². The van der Waals surface area contributed by atoms with Crippen LogP contribution in [-0.2, 0) is 0 Å². The first-order valence-electron chi connectivity index (χ1n) is 7.23. The summed E-state index contributed by atoms with van der Waals surface area (Å²) in [6.45, 7) is 2.09. The number of hydrogen-bond donors (Lipinski definition) is 0. The second-order valence-corrected chi connectivity index (χ2v) is 6.58. The van der Waals surface area contributed by atoms with Crippen LogP contribution in [0.15, 0.2) is 81.2 Å². The van der Waals surface area contributed by atoms with E-state index in [1.165, 1.54) is 5.56 Å². The van der Waals surface area contributed by atoms with Crippen LogP contribution < -0.4 is 0 Å². The topological polar surface area (TPSA) is 26.3 Å². The molecule has 0 atom stereocenters. The fourth-order valence-corrected chi connectivity index (χ4v) is 4.08. The number of rotatable bonds is 1. The van der Waals surface area contributed by atoms with E-state index in [9.17, 15) is 0 Å². The van der Waals surface area contributed by atoms with Gasteiger partial charge < -0.3 is 8.39 Å². The van der Waals surface area contributed by atoms with Crippen LogP contribution in [0, 0.1) is 6.92 Å². The molecule has 1 heterocycles. The average molecular weight is 306 g/mol. The minimum atomic E-state index is -1.19. The molecule has 0 fully saturated rings. The standard InChI is InChI=1S/C19H15O2P/c1-14-8-2-7-13-19(14)22-20-17-11-5-3-9-15(17)16-10-4-6-12-18(16)21-22/h2-13H,1H3. The molecule has 0 amide bonds. The van der Waals surface area contributed by atoms with Gasteiger partial charge in [-0.2, -0.15) is 0 Å². The highest BCUT2D eigenvalue weighted by Gasteiger charge is 2.09. The zero-order valence-corrected chi connectivity index (χ0v) is 13.1. The van der Waals surface area contributed by atoms with Crippen molar-refractivity contribution in [1.82, 2.24) is 0 Å². The molecule has 3 aromatic carbocycles. The zero-order chi connectivity index (χ0) is 14.9. The summed E-state index contributed by atoms with van der Waals surface area (Å²) in [5, 5.41) is 3.28.